The van der Waals surface area contributed by atoms with Crippen LogP contribution in [0, 0.1) is 0 Å². The van der Waals surface area contributed by atoms with Crippen LogP contribution in [0.1, 0.15) is 48.1 Å². The van der Waals surface area contributed by atoms with E-state index in [1.165, 1.54) is 6.92 Å². The SMILES string of the molecule is C[C@@H](OC[C@@]1(c2ccccc2)CCC(O)(C(N)=O)CN1)c1cc(C(F)(F)F)cc(C(F)(F)F)c1. The third-order valence-corrected chi connectivity index (χ3v) is 6.13. The second kappa shape index (κ2) is 9.20. The standard InChI is InChI=1S/C23H24F6N2O3/c1-14(15-9-17(22(24,25)26)11-18(10-15)23(27,28)29)34-13-20(16-5-3-2-4-6-16)7-8-21(33,12-31-20)19(30)32/h2-6,9-11,14,31,33H,7-8,12-13H2,1H3,(H2,30,32)/t14-,20-,21?/m1/s1. The highest BCUT2D eigenvalue weighted by atomic mass is 19.4. The first-order chi connectivity index (χ1) is 15.7. The van der Waals surface area contributed by atoms with Gasteiger partial charge < -0.3 is 20.9 Å². The molecule has 3 rings (SSSR count). The zero-order chi connectivity index (χ0) is 25.4. The van der Waals surface area contributed by atoms with E-state index in [1.54, 1.807) is 30.3 Å². The maximum absolute atomic E-state index is 13.2. The van der Waals surface area contributed by atoms with Crippen LogP contribution in [0.5, 0.6) is 0 Å². The topological polar surface area (TPSA) is 84.6 Å². The maximum atomic E-state index is 13.2. The number of halogens is 6. The predicted molar refractivity (Wildman–Crippen MR) is 110 cm³/mol. The third kappa shape index (κ3) is 5.53. The van der Waals surface area contributed by atoms with Gasteiger partial charge >= 0.3 is 12.4 Å². The van der Waals surface area contributed by atoms with Crippen LogP contribution in [-0.2, 0) is 27.4 Å². The number of carbonyl (C=O) groups excluding carboxylic acids is 1. The van der Waals surface area contributed by atoms with Crippen LogP contribution in [0.3, 0.4) is 0 Å². The van der Waals surface area contributed by atoms with Crippen molar-refractivity contribution in [1.82, 2.24) is 5.32 Å². The van der Waals surface area contributed by atoms with Crippen LogP contribution in [-0.4, -0.2) is 29.8 Å². The van der Waals surface area contributed by atoms with Gasteiger partial charge in [0.2, 0.25) is 0 Å². The Bertz CT molecular complexity index is 983. The highest BCUT2D eigenvalue weighted by Gasteiger charge is 2.46. The van der Waals surface area contributed by atoms with Gasteiger partial charge in [-0.25, -0.2) is 0 Å². The van der Waals surface area contributed by atoms with E-state index in [1.807, 2.05) is 0 Å². The third-order valence-electron chi connectivity index (χ3n) is 6.13. The number of alkyl halides is 6. The van der Waals surface area contributed by atoms with Crippen molar-refractivity contribution in [2.75, 3.05) is 13.2 Å². The van der Waals surface area contributed by atoms with Gasteiger partial charge in [0.15, 0.2) is 5.60 Å². The van der Waals surface area contributed by atoms with Crippen molar-refractivity contribution in [3.8, 4) is 0 Å². The molecule has 0 aromatic heterocycles. The van der Waals surface area contributed by atoms with Gasteiger partial charge in [-0.3, -0.25) is 4.79 Å². The van der Waals surface area contributed by atoms with Crippen molar-refractivity contribution in [1.29, 1.82) is 0 Å². The van der Waals surface area contributed by atoms with Crippen molar-refractivity contribution < 1.29 is 41.0 Å². The molecule has 1 aliphatic rings. The molecular weight excluding hydrogens is 466 g/mol. The molecule has 0 bridgehead atoms. The van der Waals surface area contributed by atoms with E-state index in [4.69, 9.17) is 10.5 Å². The average molecular weight is 490 g/mol. The minimum absolute atomic E-state index is 0.0102. The summed E-state index contributed by atoms with van der Waals surface area (Å²) in [6, 6.07) is 10.1. The summed E-state index contributed by atoms with van der Waals surface area (Å²) in [6.07, 6.45) is -10.9. The summed E-state index contributed by atoms with van der Waals surface area (Å²) in [5.74, 6) is -0.903. The molecule has 0 aliphatic carbocycles. The number of hydrogen-bond donors (Lipinski definition) is 3. The van der Waals surface area contributed by atoms with Crippen LogP contribution in [0.25, 0.3) is 0 Å². The molecule has 186 valence electrons. The molecule has 1 fully saturated rings. The number of carbonyl (C=O) groups is 1. The molecule has 34 heavy (non-hydrogen) atoms. The van der Waals surface area contributed by atoms with Crippen molar-refractivity contribution in [3.05, 3.63) is 70.8 Å². The van der Waals surface area contributed by atoms with E-state index in [9.17, 15) is 36.2 Å². The Kier molecular flexibility index (Phi) is 7.03. The van der Waals surface area contributed by atoms with Crippen LogP contribution in [0.15, 0.2) is 48.5 Å². The van der Waals surface area contributed by atoms with Crippen LogP contribution in [0.4, 0.5) is 26.3 Å². The summed E-state index contributed by atoms with van der Waals surface area (Å²) in [7, 11) is 0. The molecule has 0 spiro atoms. The molecule has 1 unspecified atom stereocenters. The lowest BCUT2D eigenvalue weighted by Crippen LogP contribution is -2.62. The predicted octanol–water partition coefficient (Wildman–Crippen LogP) is 4.30. The maximum Gasteiger partial charge on any atom is 0.416 e. The zero-order valence-corrected chi connectivity index (χ0v) is 18.1. The van der Waals surface area contributed by atoms with Gasteiger partial charge in [-0.05, 0) is 49.1 Å². The molecule has 1 amide bonds. The van der Waals surface area contributed by atoms with E-state index >= 15 is 0 Å². The Morgan fingerprint density at radius 2 is 1.62 bits per heavy atom. The smallest absolute Gasteiger partial charge is 0.379 e. The number of benzene rings is 2. The Hall–Kier alpha value is -2.63. The van der Waals surface area contributed by atoms with Crippen LogP contribution in [0.2, 0.25) is 0 Å². The van der Waals surface area contributed by atoms with E-state index in [-0.39, 0.29) is 37.6 Å². The number of ether oxygens (including phenoxy) is 1. The minimum atomic E-state index is -4.97. The number of amides is 1. The minimum Gasteiger partial charge on any atom is -0.379 e. The highest BCUT2D eigenvalue weighted by molar-refractivity contribution is 5.83. The average Bonchev–Trinajstić information content (AvgIpc) is 2.78. The Morgan fingerprint density at radius 3 is 2.06 bits per heavy atom. The largest absolute Gasteiger partial charge is 0.416 e. The fraction of sp³-hybridized carbons (Fsp3) is 0.435. The second-order valence-electron chi connectivity index (χ2n) is 8.49. The van der Waals surface area contributed by atoms with Gasteiger partial charge in [-0.1, -0.05) is 30.3 Å². The lowest BCUT2D eigenvalue weighted by Gasteiger charge is -2.44. The Morgan fingerprint density at radius 1 is 1.06 bits per heavy atom. The van der Waals surface area contributed by atoms with E-state index in [2.05, 4.69) is 5.32 Å². The molecule has 1 aliphatic heterocycles. The number of nitrogens with two attached hydrogens (primary N) is 1. The number of aliphatic hydroxyl groups is 1. The summed E-state index contributed by atoms with van der Waals surface area (Å²) in [5.41, 5.74) is 0.131. The van der Waals surface area contributed by atoms with E-state index < -0.39 is 46.6 Å². The lowest BCUT2D eigenvalue weighted by molar-refractivity contribution is -0.144. The summed E-state index contributed by atoms with van der Waals surface area (Å²) in [4.78, 5) is 11.6. The van der Waals surface area contributed by atoms with Crippen LogP contribution < -0.4 is 11.1 Å². The molecular formula is C23H24F6N2O3. The summed E-state index contributed by atoms with van der Waals surface area (Å²) in [5, 5.41) is 13.5. The quantitative estimate of drug-likeness (QED) is 0.528. The number of rotatable bonds is 6. The molecule has 0 radical (unpaired) electrons. The summed E-state index contributed by atoms with van der Waals surface area (Å²) in [6.45, 7) is 1.01. The number of piperidine rings is 1. The molecule has 3 atom stereocenters. The van der Waals surface area contributed by atoms with E-state index in [0.717, 1.165) is 0 Å². The molecule has 2 aromatic carbocycles. The molecule has 0 saturated carbocycles. The zero-order valence-electron chi connectivity index (χ0n) is 18.1. The number of hydrogen-bond acceptors (Lipinski definition) is 4. The number of β-amino-alcohol motifs (C(OH)–C–C–N with tert-alkyl or cyclic N) is 1. The van der Waals surface area contributed by atoms with Gasteiger partial charge in [0.1, 0.15) is 0 Å². The van der Waals surface area contributed by atoms with Crippen molar-refractivity contribution in [2.45, 2.75) is 49.4 Å². The van der Waals surface area contributed by atoms with Crippen molar-refractivity contribution in [2.24, 2.45) is 5.73 Å². The monoisotopic (exact) mass is 490 g/mol. The van der Waals surface area contributed by atoms with Gasteiger partial charge in [-0.2, -0.15) is 26.3 Å². The second-order valence-corrected chi connectivity index (χ2v) is 8.49. The molecule has 1 heterocycles. The molecule has 4 N–H and O–H groups in total. The normalized spacial score (nSPS) is 24.6. The molecule has 2 aromatic rings. The van der Waals surface area contributed by atoms with Gasteiger partial charge in [0.25, 0.3) is 5.91 Å². The molecule has 5 nitrogen and oxygen atoms in total. The highest BCUT2D eigenvalue weighted by Crippen LogP contribution is 2.39. The fourth-order valence-electron chi connectivity index (χ4n) is 3.91. The number of primary amides is 1. The first kappa shape index (κ1) is 26.0. The molecule has 11 heteroatoms. The van der Waals surface area contributed by atoms with Crippen molar-refractivity contribution >= 4 is 5.91 Å². The van der Waals surface area contributed by atoms with Gasteiger partial charge in [0.05, 0.1) is 29.4 Å². The summed E-state index contributed by atoms with van der Waals surface area (Å²) < 4.78 is 85.1. The Balaban J connectivity index is 1.89. The fourth-order valence-corrected chi connectivity index (χ4v) is 3.91. The van der Waals surface area contributed by atoms with Crippen molar-refractivity contribution in [3.63, 3.8) is 0 Å². The van der Waals surface area contributed by atoms with Gasteiger partial charge in [0, 0.05) is 6.54 Å². The summed E-state index contributed by atoms with van der Waals surface area (Å²) >= 11 is 0. The molecule has 1 saturated heterocycles. The Labute approximate surface area is 191 Å². The van der Waals surface area contributed by atoms with E-state index in [0.29, 0.717) is 17.7 Å². The first-order valence-electron chi connectivity index (χ1n) is 10.4. The number of nitrogens with one attached hydrogen (secondary N) is 1. The lowest BCUT2D eigenvalue weighted by atomic mass is 9.77. The van der Waals surface area contributed by atoms with Crippen LogP contribution >= 0.6 is 0 Å². The van der Waals surface area contributed by atoms with Gasteiger partial charge in [-0.15, -0.1) is 0 Å². The first-order valence-corrected chi connectivity index (χ1v) is 10.4.